The molecule has 2 saturated carbocycles. The van der Waals surface area contributed by atoms with Gasteiger partial charge in [0.25, 0.3) is 0 Å². The third-order valence-corrected chi connectivity index (χ3v) is 6.62. The van der Waals surface area contributed by atoms with Crippen molar-refractivity contribution in [2.24, 2.45) is 0 Å². The summed E-state index contributed by atoms with van der Waals surface area (Å²) in [5.41, 5.74) is 0. The van der Waals surface area contributed by atoms with Crippen LogP contribution in [0.25, 0.3) is 0 Å². The predicted octanol–water partition coefficient (Wildman–Crippen LogP) is 5.03. The molecule has 1 nitrogen and oxygen atoms in total. The Labute approximate surface area is 161 Å². The van der Waals surface area contributed by atoms with Gasteiger partial charge in [0.05, 0.1) is 0 Å². The molecule has 11 radical (unpaired) electrons. The molecule has 0 aromatic carbocycles. The first-order valence-corrected chi connectivity index (χ1v) is 10.1. The van der Waals surface area contributed by atoms with Crippen molar-refractivity contribution in [2.45, 2.75) is 38.9 Å². The molecule has 0 spiro atoms. The molecular formula is C19H31OSiZr+2. The van der Waals surface area contributed by atoms with Gasteiger partial charge >= 0.3 is 26.2 Å². The Morgan fingerprint density at radius 2 is 0.909 bits per heavy atom. The maximum Gasteiger partial charge on any atom is 3.00 e. The van der Waals surface area contributed by atoms with Crippen molar-refractivity contribution in [1.29, 1.82) is 0 Å². The summed E-state index contributed by atoms with van der Waals surface area (Å²) in [6.45, 7) is 16.7. The molecule has 119 valence electrons. The van der Waals surface area contributed by atoms with Crippen molar-refractivity contribution in [3.05, 3.63) is 83.8 Å². The topological polar surface area (TPSA) is 20.2 Å². The summed E-state index contributed by atoms with van der Waals surface area (Å²) < 4.78 is 0. The number of allylic oxidation sites excluding steroid dienone is 1. The summed E-state index contributed by atoms with van der Waals surface area (Å²) in [5, 5.41) is 0.132. The van der Waals surface area contributed by atoms with Crippen molar-refractivity contribution in [1.82, 2.24) is 0 Å². The molecule has 2 rings (SSSR count). The van der Waals surface area contributed by atoms with Gasteiger partial charge in [-0.15, -0.1) is 0 Å². The maximum absolute atomic E-state index is 9.49. The third kappa shape index (κ3) is 20.7. The van der Waals surface area contributed by atoms with Crippen LogP contribution in [-0.4, -0.2) is 13.1 Å². The monoisotopic (exact) mass is 393 g/mol. The number of hydrogen-bond donors (Lipinski definition) is 1. The summed E-state index contributed by atoms with van der Waals surface area (Å²) >= 11 is 0. The fraction of sp³-hybridized carbons (Fsp3) is 0.316. The van der Waals surface area contributed by atoms with Gasteiger partial charge in [0.1, 0.15) is 0 Å². The Morgan fingerprint density at radius 3 is 0.955 bits per heavy atom. The second-order valence-corrected chi connectivity index (χ2v) is 10.6. The summed E-state index contributed by atoms with van der Waals surface area (Å²) in [5.74, 6) is 0. The summed E-state index contributed by atoms with van der Waals surface area (Å²) in [6, 6.07) is 0. The number of rotatable bonds is 0. The van der Waals surface area contributed by atoms with Gasteiger partial charge in [0.2, 0.25) is 0 Å². The molecule has 2 aliphatic carbocycles. The Balaban J connectivity index is -0.000000227. The minimum Gasteiger partial charge on any atom is -0.432 e. The van der Waals surface area contributed by atoms with E-state index in [1.165, 1.54) is 6.08 Å². The standard InChI is InChI=1S/C6H16OSi.2C5H5.C3H5.Zr/c1-6(2,3)8(4,5)7;2*1-2-4-5-3-1;1-3-2;/h7H,1-5H3;2*1-5H;3H,1-2H2;/q;;;-1;+3. The minimum atomic E-state index is -1.86. The molecule has 2 aliphatic rings. The first-order valence-electron chi connectivity index (χ1n) is 7.12. The van der Waals surface area contributed by atoms with E-state index in [4.69, 9.17) is 0 Å². The van der Waals surface area contributed by atoms with Crippen molar-refractivity contribution in [3.63, 3.8) is 0 Å². The van der Waals surface area contributed by atoms with Gasteiger partial charge in [-0.2, -0.15) is 0 Å². The summed E-state index contributed by atoms with van der Waals surface area (Å²) in [7, 11) is -1.86. The normalized spacial score (nSPS) is 16.6. The van der Waals surface area contributed by atoms with E-state index in [0.29, 0.717) is 0 Å². The van der Waals surface area contributed by atoms with Crippen LogP contribution in [0.15, 0.2) is 12.7 Å². The minimum absolute atomic E-state index is 0. The second-order valence-electron chi connectivity index (χ2n) is 6.02. The van der Waals surface area contributed by atoms with E-state index in [2.05, 4.69) is 34.3 Å². The van der Waals surface area contributed by atoms with Crippen LogP contribution in [0, 0.1) is 71.1 Å². The average Bonchev–Trinajstić information content (AvgIpc) is 3.08. The Kier molecular flexibility index (Phi) is 20.7. The fourth-order valence-electron chi connectivity index (χ4n) is 0.642. The van der Waals surface area contributed by atoms with Gasteiger partial charge in [0, 0.05) is 0 Å². The Hall–Kier alpha value is 0.670. The molecule has 22 heavy (non-hydrogen) atoms. The average molecular weight is 395 g/mol. The van der Waals surface area contributed by atoms with Crippen LogP contribution in [-0.2, 0) is 26.2 Å². The van der Waals surface area contributed by atoms with Gasteiger partial charge in [-0.3, -0.25) is 0 Å². The van der Waals surface area contributed by atoms with Gasteiger partial charge in [0.15, 0.2) is 8.32 Å². The zero-order valence-corrected chi connectivity index (χ0v) is 18.2. The molecule has 0 amide bonds. The predicted molar refractivity (Wildman–Crippen MR) is 98.0 cm³/mol. The van der Waals surface area contributed by atoms with E-state index in [9.17, 15) is 4.80 Å². The maximum atomic E-state index is 9.49. The largest absolute Gasteiger partial charge is 3.00 e. The quantitative estimate of drug-likeness (QED) is 0.451. The van der Waals surface area contributed by atoms with Gasteiger partial charge < -0.3 is 4.80 Å². The summed E-state index contributed by atoms with van der Waals surface area (Å²) in [6.07, 6.45) is 21.5. The van der Waals surface area contributed by atoms with E-state index < -0.39 is 8.32 Å². The SMILES string of the molecule is C=C[CH2-].CC(C)(C)[Si](C)(C)O.[CH]1[CH][CH][CH][CH]1.[CH]1[CH][CH][CH][CH]1.[Zr+3]. The van der Waals surface area contributed by atoms with Crippen LogP contribution in [0.5, 0.6) is 0 Å². The fourth-order valence-corrected chi connectivity index (χ4v) is 0.642. The van der Waals surface area contributed by atoms with Crippen molar-refractivity contribution < 1.29 is 31.0 Å². The van der Waals surface area contributed by atoms with E-state index in [0.717, 1.165) is 0 Å². The molecule has 0 unspecified atom stereocenters. The van der Waals surface area contributed by atoms with Crippen molar-refractivity contribution >= 4 is 8.32 Å². The van der Waals surface area contributed by atoms with Gasteiger partial charge in [-0.25, -0.2) is 19.6 Å². The molecule has 0 heterocycles. The molecular weight excluding hydrogens is 364 g/mol. The van der Waals surface area contributed by atoms with Crippen LogP contribution in [0.2, 0.25) is 18.1 Å². The van der Waals surface area contributed by atoms with Crippen molar-refractivity contribution in [3.8, 4) is 0 Å². The third-order valence-electron chi connectivity index (χ3n) is 2.95. The van der Waals surface area contributed by atoms with Crippen LogP contribution in [0.4, 0.5) is 0 Å². The molecule has 3 heteroatoms. The second kappa shape index (κ2) is 16.5. The summed E-state index contributed by atoms with van der Waals surface area (Å²) in [4.78, 5) is 9.49. The first kappa shape index (κ1) is 27.5. The molecule has 0 atom stereocenters. The molecule has 0 saturated heterocycles. The molecule has 0 bridgehead atoms. The smallest absolute Gasteiger partial charge is 0.432 e. The van der Waals surface area contributed by atoms with Crippen LogP contribution >= 0.6 is 0 Å². The van der Waals surface area contributed by atoms with Crippen LogP contribution < -0.4 is 0 Å². The van der Waals surface area contributed by atoms with Crippen LogP contribution in [0.3, 0.4) is 0 Å². The first-order chi connectivity index (χ1) is 9.66. The zero-order chi connectivity index (χ0) is 16.8. The molecule has 0 aliphatic heterocycles. The van der Waals surface area contributed by atoms with Gasteiger partial charge in [-0.05, 0) is 82.3 Å². The van der Waals surface area contributed by atoms with E-state index >= 15 is 0 Å². The molecule has 1 N–H and O–H groups in total. The molecule has 0 aromatic heterocycles. The van der Waals surface area contributed by atoms with E-state index in [1.54, 1.807) is 0 Å². The Morgan fingerprint density at radius 1 is 0.818 bits per heavy atom. The van der Waals surface area contributed by atoms with E-state index in [-0.39, 0.29) is 31.2 Å². The van der Waals surface area contributed by atoms with Gasteiger partial charge in [-0.1, -0.05) is 20.8 Å². The molecule has 2 fully saturated rings. The molecule has 0 aromatic rings. The zero-order valence-electron chi connectivity index (χ0n) is 14.7. The van der Waals surface area contributed by atoms with E-state index in [1.807, 2.05) is 77.3 Å². The van der Waals surface area contributed by atoms with Crippen molar-refractivity contribution in [2.75, 3.05) is 0 Å². The number of hydrogen-bond acceptors (Lipinski definition) is 1. The Bertz CT molecular complexity index is 183. The van der Waals surface area contributed by atoms with Crippen LogP contribution in [0.1, 0.15) is 20.8 Å².